The number of amides is 2. The van der Waals surface area contributed by atoms with Gasteiger partial charge in [0.15, 0.2) is 0 Å². The predicted octanol–water partition coefficient (Wildman–Crippen LogP) is 4.83. The number of aromatic nitrogens is 2. The van der Waals surface area contributed by atoms with E-state index in [2.05, 4.69) is 25.5 Å². The number of hydrogen-bond acceptors (Lipinski definition) is 8. The molecular formula is C36H44F2N6O4. The van der Waals surface area contributed by atoms with Gasteiger partial charge in [0.2, 0.25) is 5.89 Å². The molecule has 256 valence electrons. The first-order valence-electron chi connectivity index (χ1n) is 16.1. The van der Waals surface area contributed by atoms with E-state index < -0.39 is 29.7 Å². The van der Waals surface area contributed by atoms with E-state index in [0.717, 1.165) is 30.3 Å². The van der Waals surface area contributed by atoms with Gasteiger partial charge in [-0.05, 0) is 86.9 Å². The van der Waals surface area contributed by atoms with Crippen molar-refractivity contribution in [3.05, 3.63) is 107 Å². The second-order valence-corrected chi connectivity index (χ2v) is 12.0. The molecule has 4 rings (SSSR count). The lowest BCUT2D eigenvalue weighted by Crippen LogP contribution is -2.51. The van der Waals surface area contributed by atoms with Gasteiger partial charge in [0.1, 0.15) is 17.9 Å². The predicted molar refractivity (Wildman–Crippen MR) is 179 cm³/mol. The van der Waals surface area contributed by atoms with Crippen molar-refractivity contribution in [2.75, 3.05) is 33.7 Å². The Morgan fingerprint density at radius 2 is 1.69 bits per heavy atom. The van der Waals surface area contributed by atoms with E-state index >= 15 is 0 Å². The number of halogens is 2. The molecule has 2 aromatic heterocycles. The van der Waals surface area contributed by atoms with E-state index in [-0.39, 0.29) is 48.0 Å². The van der Waals surface area contributed by atoms with Crippen molar-refractivity contribution in [3.63, 3.8) is 0 Å². The molecule has 2 atom stereocenters. The van der Waals surface area contributed by atoms with Crippen molar-refractivity contribution in [2.24, 2.45) is 0 Å². The molecule has 48 heavy (non-hydrogen) atoms. The van der Waals surface area contributed by atoms with E-state index in [1.54, 1.807) is 18.3 Å². The first-order valence-corrected chi connectivity index (χ1v) is 16.1. The van der Waals surface area contributed by atoms with E-state index in [1.807, 2.05) is 40.1 Å². The Kier molecular flexibility index (Phi) is 13.3. The highest BCUT2D eigenvalue weighted by atomic mass is 19.1. The van der Waals surface area contributed by atoms with Crippen LogP contribution in [-0.2, 0) is 19.5 Å². The molecule has 4 aromatic rings. The zero-order chi connectivity index (χ0) is 34.6. The fourth-order valence-corrected chi connectivity index (χ4v) is 5.53. The lowest BCUT2D eigenvalue weighted by atomic mass is 9.97. The fraction of sp³-hybridized carbons (Fsp3) is 0.389. The van der Waals surface area contributed by atoms with Gasteiger partial charge in [0.25, 0.3) is 11.8 Å². The van der Waals surface area contributed by atoms with Crippen LogP contribution in [0.1, 0.15) is 64.2 Å². The molecule has 0 radical (unpaired) electrons. The molecule has 10 nitrogen and oxygen atoms in total. The molecule has 0 aliphatic rings. The average Bonchev–Trinajstić information content (AvgIpc) is 3.59. The van der Waals surface area contributed by atoms with Crippen LogP contribution in [0.2, 0.25) is 0 Å². The van der Waals surface area contributed by atoms with Gasteiger partial charge in [-0.2, -0.15) is 0 Å². The molecule has 0 fully saturated rings. The zero-order valence-corrected chi connectivity index (χ0v) is 27.9. The molecule has 0 spiro atoms. The Labute approximate surface area is 280 Å². The third kappa shape index (κ3) is 10.2. The first kappa shape index (κ1) is 36.3. The summed E-state index contributed by atoms with van der Waals surface area (Å²) in [6.45, 7) is 5.68. The summed E-state index contributed by atoms with van der Waals surface area (Å²) in [4.78, 5) is 39.6. The minimum Gasteiger partial charge on any atom is -0.445 e. The fourth-order valence-electron chi connectivity index (χ4n) is 5.53. The number of aliphatic hydroxyl groups excluding tert-OH is 1. The van der Waals surface area contributed by atoms with Crippen LogP contribution in [0.25, 0.3) is 11.5 Å². The quantitative estimate of drug-likeness (QED) is 0.147. The molecule has 0 saturated carbocycles. The van der Waals surface area contributed by atoms with Crippen molar-refractivity contribution in [1.29, 1.82) is 0 Å². The lowest BCUT2D eigenvalue weighted by molar-refractivity contribution is 0.0353. The third-order valence-electron chi connectivity index (χ3n) is 7.63. The number of nitrogens with one attached hydrogen (secondary N) is 2. The summed E-state index contributed by atoms with van der Waals surface area (Å²) >= 11 is 0. The third-order valence-corrected chi connectivity index (χ3v) is 7.63. The Hall–Kier alpha value is -4.52. The molecular weight excluding hydrogens is 618 g/mol. The average molecular weight is 663 g/mol. The highest BCUT2D eigenvalue weighted by Gasteiger charge is 2.31. The maximum atomic E-state index is 14.4. The minimum absolute atomic E-state index is 0.0247. The van der Waals surface area contributed by atoms with Crippen LogP contribution < -0.4 is 10.6 Å². The molecule has 2 aromatic carbocycles. The van der Waals surface area contributed by atoms with Gasteiger partial charge < -0.3 is 30.0 Å². The molecule has 0 bridgehead atoms. The van der Waals surface area contributed by atoms with Crippen molar-refractivity contribution in [1.82, 2.24) is 30.4 Å². The van der Waals surface area contributed by atoms with Gasteiger partial charge in [0, 0.05) is 61.7 Å². The van der Waals surface area contributed by atoms with Crippen molar-refractivity contribution < 1.29 is 27.9 Å². The summed E-state index contributed by atoms with van der Waals surface area (Å²) in [5.41, 5.74) is 3.01. The van der Waals surface area contributed by atoms with Gasteiger partial charge in [-0.15, -0.1) is 0 Å². The van der Waals surface area contributed by atoms with E-state index in [9.17, 15) is 23.5 Å². The summed E-state index contributed by atoms with van der Waals surface area (Å²) in [5.74, 6) is -2.10. The second kappa shape index (κ2) is 17.6. The molecule has 3 N–H and O–H groups in total. The molecule has 0 aliphatic heterocycles. The normalized spacial score (nSPS) is 12.6. The van der Waals surface area contributed by atoms with Crippen LogP contribution in [0.15, 0.2) is 71.6 Å². The summed E-state index contributed by atoms with van der Waals surface area (Å²) < 4.78 is 34.0. The number of aliphatic hydroxyl groups is 1. The van der Waals surface area contributed by atoms with E-state index in [1.165, 1.54) is 35.6 Å². The van der Waals surface area contributed by atoms with Crippen molar-refractivity contribution in [3.8, 4) is 11.5 Å². The number of nitrogens with zero attached hydrogens (tertiary/aromatic N) is 4. The Morgan fingerprint density at radius 1 is 0.938 bits per heavy atom. The van der Waals surface area contributed by atoms with Gasteiger partial charge in [-0.25, -0.2) is 13.8 Å². The minimum atomic E-state index is -1.14. The van der Waals surface area contributed by atoms with Crippen LogP contribution in [0.5, 0.6) is 0 Å². The van der Waals surface area contributed by atoms with Crippen LogP contribution >= 0.6 is 0 Å². The van der Waals surface area contributed by atoms with Gasteiger partial charge in [-0.3, -0.25) is 14.6 Å². The van der Waals surface area contributed by atoms with Crippen molar-refractivity contribution >= 4 is 11.8 Å². The van der Waals surface area contributed by atoms with Gasteiger partial charge >= 0.3 is 0 Å². The molecule has 12 heteroatoms. The number of benzene rings is 2. The largest absolute Gasteiger partial charge is 0.445 e. The maximum absolute atomic E-state index is 14.4. The van der Waals surface area contributed by atoms with Gasteiger partial charge in [-0.1, -0.05) is 13.8 Å². The Bertz CT molecular complexity index is 1630. The standard InChI is InChI=1S/C36H44F2N6O4/c1-5-8-41-34(46)26-17-27(35-42-10-12-48-35)19-28(18-26)36(47)44(11-6-2)32(16-25-13-29(37)20-30(38)14-25)33(45)22-39-21-31-15-24(7-9-40-31)23-43(3)4/h7,9-10,12-15,17-20,32-33,39,45H,5-6,8,11,16,21-23H2,1-4H3,(H,41,46)/t32-,33+/m0/s1. The highest BCUT2D eigenvalue weighted by molar-refractivity contribution is 6.01. The van der Waals surface area contributed by atoms with E-state index in [0.29, 0.717) is 25.1 Å². The van der Waals surface area contributed by atoms with Crippen molar-refractivity contribution in [2.45, 2.75) is 58.3 Å². The molecule has 2 heterocycles. The SMILES string of the molecule is CCCNC(=O)c1cc(C(=O)N(CCC)[C@@H](Cc2cc(F)cc(F)c2)[C@H](O)CNCc2cc(CN(C)C)ccn2)cc(-c2ncco2)c1. The topological polar surface area (TPSA) is 124 Å². The second-order valence-electron chi connectivity index (χ2n) is 12.0. The number of carbonyl (C=O) groups excluding carboxylic acids is 2. The summed E-state index contributed by atoms with van der Waals surface area (Å²) in [6, 6.07) is 10.9. The number of carbonyl (C=O) groups is 2. The Balaban J connectivity index is 1.66. The first-order chi connectivity index (χ1) is 23.1. The summed E-state index contributed by atoms with van der Waals surface area (Å²) in [7, 11) is 3.96. The van der Waals surface area contributed by atoms with E-state index in [4.69, 9.17) is 4.42 Å². The smallest absolute Gasteiger partial charge is 0.254 e. The Morgan fingerprint density at radius 3 is 2.35 bits per heavy atom. The zero-order valence-electron chi connectivity index (χ0n) is 27.9. The molecule has 0 saturated heterocycles. The highest BCUT2D eigenvalue weighted by Crippen LogP contribution is 2.25. The lowest BCUT2D eigenvalue weighted by Gasteiger charge is -2.35. The molecule has 0 aliphatic carbocycles. The number of oxazole rings is 1. The summed E-state index contributed by atoms with van der Waals surface area (Å²) in [6.07, 6.45) is 4.70. The molecule has 0 unspecified atom stereocenters. The van der Waals surface area contributed by atoms with Crippen LogP contribution in [0.4, 0.5) is 8.78 Å². The van der Waals surface area contributed by atoms with Crippen LogP contribution in [-0.4, -0.2) is 82.6 Å². The number of hydrogen-bond donors (Lipinski definition) is 3. The molecule has 2 amide bonds. The number of rotatable bonds is 17. The summed E-state index contributed by atoms with van der Waals surface area (Å²) in [5, 5.41) is 17.7. The van der Waals surface area contributed by atoms with Crippen LogP contribution in [0.3, 0.4) is 0 Å². The van der Waals surface area contributed by atoms with Gasteiger partial charge in [0.05, 0.1) is 24.0 Å². The maximum Gasteiger partial charge on any atom is 0.254 e. The van der Waals surface area contributed by atoms with Crippen LogP contribution in [0, 0.1) is 11.6 Å². The monoisotopic (exact) mass is 662 g/mol. The number of pyridine rings is 1.